The van der Waals surface area contributed by atoms with E-state index in [0.29, 0.717) is 10.7 Å². The number of aryl methyl sites for hydroxylation is 1. The maximum atomic E-state index is 5.92. The van der Waals surface area contributed by atoms with Gasteiger partial charge in [0.1, 0.15) is 6.33 Å². The van der Waals surface area contributed by atoms with E-state index in [1.807, 2.05) is 13.0 Å². The van der Waals surface area contributed by atoms with Gasteiger partial charge in [0, 0.05) is 0 Å². The Labute approximate surface area is 74.2 Å². The number of hydrogen-bond donors (Lipinski definition) is 0. The molecule has 0 aliphatic carbocycles. The van der Waals surface area contributed by atoms with Gasteiger partial charge in [0.2, 0.25) is 0 Å². The molecular formula is C7H7ClN4. The molecule has 0 amide bonds. The van der Waals surface area contributed by atoms with E-state index in [0.717, 1.165) is 12.1 Å². The van der Waals surface area contributed by atoms with E-state index in [1.165, 1.54) is 0 Å². The molecule has 62 valence electrons. The molecule has 2 aromatic heterocycles. The molecule has 0 fully saturated rings. The first-order chi connectivity index (χ1) is 5.81. The molecule has 0 saturated carbocycles. The number of aromatic nitrogens is 4. The van der Waals surface area contributed by atoms with Crippen molar-refractivity contribution in [3.63, 3.8) is 0 Å². The Kier molecular flexibility index (Phi) is 1.69. The van der Waals surface area contributed by atoms with Crippen molar-refractivity contribution in [1.82, 2.24) is 19.8 Å². The summed E-state index contributed by atoms with van der Waals surface area (Å²) < 4.78 is 1.58. The quantitative estimate of drug-likeness (QED) is 0.669. The Morgan fingerprint density at radius 2 is 2.42 bits per heavy atom. The average molecular weight is 183 g/mol. The summed E-state index contributed by atoms with van der Waals surface area (Å²) in [5.41, 5.74) is 1.54. The summed E-state index contributed by atoms with van der Waals surface area (Å²) >= 11 is 5.92. The highest BCUT2D eigenvalue weighted by molar-refractivity contribution is 6.33. The lowest BCUT2D eigenvalue weighted by molar-refractivity contribution is 0.857. The molecule has 0 aliphatic rings. The Balaban J connectivity index is 2.75. The largest absolute Gasteiger partial charge is 0.199 e. The maximum absolute atomic E-state index is 5.92. The second kappa shape index (κ2) is 2.71. The normalized spacial score (nSPS) is 10.8. The molecule has 0 radical (unpaired) electrons. The van der Waals surface area contributed by atoms with Crippen molar-refractivity contribution >= 4 is 17.2 Å². The summed E-state index contributed by atoms with van der Waals surface area (Å²) in [6, 6.07) is 1.81. The molecule has 12 heavy (non-hydrogen) atoms. The van der Waals surface area contributed by atoms with Gasteiger partial charge in [-0.05, 0) is 12.5 Å². The minimum atomic E-state index is 0.597. The van der Waals surface area contributed by atoms with Crippen molar-refractivity contribution in [2.75, 3.05) is 0 Å². The van der Waals surface area contributed by atoms with E-state index in [9.17, 15) is 0 Å². The van der Waals surface area contributed by atoms with Crippen LogP contribution in [-0.4, -0.2) is 19.8 Å². The molecular weight excluding hydrogens is 176 g/mol. The second-order valence-corrected chi connectivity index (χ2v) is 2.84. The lowest BCUT2D eigenvalue weighted by Gasteiger charge is -1.97. The third kappa shape index (κ3) is 1.04. The van der Waals surface area contributed by atoms with Gasteiger partial charge in [-0.3, -0.25) is 0 Å². The van der Waals surface area contributed by atoms with E-state index in [4.69, 9.17) is 11.6 Å². The van der Waals surface area contributed by atoms with E-state index < -0.39 is 0 Å². The van der Waals surface area contributed by atoms with Gasteiger partial charge in [0.25, 0.3) is 0 Å². The van der Waals surface area contributed by atoms with Gasteiger partial charge in [-0.1, -0.05) is 18.5 Å². The van der Waals surface area contributed by atoms with Gasteiger partial charge >= 0.3 is 0 Å². The zero-order valence-corrected chi connectivity index (χ0v) is 7.28. The Morgan fingerprint density at radius 3 is 3.17 bits per heavy atom. The van der Waals surface area contributed by atoms with Crippen molar-refractivity contribution in [3.05, 3.63) is 23.1 Å². The minimum Gasteiger partial charge on any atom is -0.199 e. The summed E-state index contributed by atoms with van der Waals surface area (Å²) in [7, 11) is 0. The summed E-state index contributed by atoms with van der Waals surface area (Å²) in [5, 5.41) is 12.3. The number of hydrogen-bond acceptors (Lipinski definition) is 3. The van der Waals surface area contributed by atoms with Gasteiger partial charge in [-0.25, -0.2) is 0 Å². The number of nitrogens with zero attached hydrogens (tertiary/aromatic N) is 4. The highest BCUT2D eigenvalue weighted by Gasteiger charge is 2.03. The van der Waals surface area contributed by atoms with Crippen LogP contribution in [0.5, 0.6) is 0 Å². The summed E-state index contributed by atoms with van der Waals surface area (Å²) in [6.07, 6.45) is 2.40. The number of halogens is 1. The molecule has 0 N–H and O–H groups in total. The molecule has 4 nitrogen and oxygen atoms in total. The van der Waals surface area contributed by atoms with Crippen molar-refractivity contribution in [2.24, 2.45) is 0 Å². The van der Waals surface area contributed by atoms with Crippen LogP contribution in [-0.2, 0) is 6.42 Å². The minimum absolute atomic E-state index is 0.597. The molecule has 0 aliphatic heterocycles. The first kappa shape index (κ1) is 7.49. The van der Waals surface area contributed by atoms with Crippen LogP contribution in [0.25, 0.3) is 5.65 Å². The highest BCUT2D eigenvalue weighted by atomic mass is 35.5. The van der Waals surface area contributed by atoms with Crippen molar-refractivity contribution in [1.29, 1.82) is 0 Å². The van der Waals surface area contributed by atoms with Crippen LogP contribution in [0.4, 0.5) is 0 Å². The highest BCUT2D eigenvalue weighted by Crippen LogP contribution is 2.14. The van der Waals surface area contributed by atoms with Crippen LogP contribution in [0.15, 0.2) is 12.4 Å². The van der Waals surface area contributed by atoms with E-state index >= 15 is 0 Å². The lowest BCUT2D eigenvalue weighted by atomic mass is 10.3. The molecule has 2 heterocycles. The number of rotatable bonds is 1. The van der Waals surface area contributed by atoms with Gasteiger partial charge in [-0.15, -0.1) is 10.2 Å². The molecule has 0 unspecified atom stereocenters. The predicted octanol–water partition coefficient (Wildman–Crippen LogP) is 1.34. The Morgan fingerprint density at radius 1 is 1.58 bits per heavy atom. The SMILES string of the molecule is CCc1cc(Cl)c2nncn2n1. The lowest BCUT2D eigenvalue weighted by Crippen LogP contribution is -1.96. The zero-order valence-electron chi connectivity index (χ0n) is 6.53. The van der Waals surface area contributed by atoms with Crippen molar-refractivity contribution in [3.8, 4) is 0 Å². The van der Waals surface area contributed by atoms with Crippen LogP contribution in [0.1, 0.15) is 12.6 Å². The van der Waals surface area contributed by atoms with Gasteiger partial charge in [-0.2, -0.15) is 9.61 Å². The summed E-state index contributed by atoms with van der Waals surface area (Å²) in [4.78, 5) is 0. The van der Waals surface area contributed by atoms with Crippen molar-refractivity contribution in [2.45, 2.75) is 13.3 Å². The fraction of sp³-hybridized carbons (Fsp3) is 0.286. The molecule has 0 bridgehead atoms. The molecule has 5 heteroatoms. The second-order valence-electron chi connectivity index (χ2n) is 2.44. The Hall–Kier alpha value is -1.16. The van der Waals surface area contributed by atoms with Crippen molar-refractivity contribution < 1.29 is 0 Å². The molecule has 0 atom stereocenters. The predicted molar refractivity (Wildman–Crippen MR) is 45.2 cm³/mol. The maximum Gasteiger partial charge on any atom is 0.196 e. The van der Waals surface area contributed by atoms with Crippen LogP contribution < -0.4 is 0 Å². The summed E-state index contributed by atoms with van der Waals surface area (Å²) in [5.74, 6) is 0. The van der Waals surface area contributed by atoms with E-state index in [2.05, 4.69) is 15.3 Å². The monoisotopic (exact) mass is 182 g/mol. The standard InChI is InChI=1S/C7H7ClN4/c1-2-5-3-6(8)7-10-9-4-12(7)11-5/h3-4H,2H2,1H3. The van der Waals surface area contributed by atoms with Gasteiger partial charge in [0.05, 0.1) is 10.7 Å². The molecule has 0 aromatic carbocycles. The molecule has 0 saturated heterocycles. The van der Waals surface area contributed by atoms with E-state index in [1.54, 1.807) is 10.8 Å². The topological polar surface area (TPSA) is 43.1 Å². The zero-order chi connectivity index (χ0) is 8.55. The third-order valence-corrected chi connectivity index (χ3v) is 1.91. The average Bonchev–Trinajstić information content (AvgIpc) is 2.52. The van der Waals surface area contributed by atoms with Crippen LogP contribution >= 0.6 is 11.6 Å². The first-order valence-corrected chi connectivity index (χ1v) is 4.04. The van der Waals surface area contributed by atoms with E-state index in [-0.39, 0.29) is 0 Å². The summed E-state index contributed by atoms with van der Waals surface area (Å²) in [6.45, 7) is 2.02. The van der Waals surface area contributed by atoms with Crippen LogP contribution in [0, 0.1) is 0 Å². The fourth-order valence-electron chi connectivity index (χ4n) is 1.01. The molecule has 2 rings (SSSR count). The fourth-order valence-corrected chi connectivity index (χ4v) is 1.26. The van der Waals surface area contributed by atoms with Crippen LogP contribution in [0.2, 0.25) is 5.02 Å². The Bertz CT molecular complexity index is 409. The van der Waals surface area contributed by atoms with Crippen LogP contribution in [0.3, 0.4) is 0 Å². The molecule has 2 aromatic rings. The third-order valence-electron chi connectivity index (χ3n) is 1.64. The van der Waals surface area contributed by atoms with Gasteiger partial charge < -0.3 is 0 Å². The first-order valence-electron chi connectivity index (χ1n) is 3.66. The number of fused-ring (bicyclic) bond motifs is 1. The smallest absolute Gasteiger partial charge is 0.196 e. The van der Waals surface area contributed by atoms with Gasteiger partial charge in [0.15, 0.2) is 5.65 Å². The molecule has 0 spiro atoms.